The number of carbonyl (C=O) groups excluding carboxylic acids is 2. The van der Waals surface area contributed by atoms with Crippen molar-refractivity contribution in [2.45, 2.75) is 25.3 Å². The second kappa shape index (κ2) is 7.53. The van der Waals surface area contributed by atoms with Crippen LogP contribution in [0.15, 0.2) is 42.5 Å². The summed E-state index contributed by atoms with van der Waals surface area (Å²) in [6, 6.07) is 11.1. The fraction of sp³-hybridized carbons (Fsp3) is 0.222. The molecule has 2 amide bonds. The predicted molar refractivity (Wildman–Crippen MR) is 97.4 cm³/mol. The van der Waals surface area contributed by atoms with Crippen LogP contribution in [0.1, 0.15) is 28.8 Å². The van der Waals surface area contributed by atoms with Crippen LogP contribution in [-0.4, -0.2) is 22.8 Å². The van der Waals surface area contributed by atoms with Crippen molar-refractivity contribution < 1.29 is 14.5 Å². The number of carbonyl (C=O) groups is 2. The molecule has 0 unspecified atom stereocenters. The molecular formula is C18H16ClN3O4. The molecule has 134 valence electrons. The highest BCUT2D eigenvalue weighted by Gasteiger charge is 2.23. The average molecular weight is 374 g/mol. The maximum atomic E-state index is 12.3. The Hall–Kier alpha value is -2.93. The van der Waals surface area contributed by atoms with Gasteiger partial charge < -0.3 is 10.6 Å². The van der Waals surface area contributed by atoms with E-state index in [0.29, 0.717) is 11.7 Å². The lowest BCUT2D eigenvalue weighted by Gasteiger charge is -2.07. The molecule has 0 spiro atoms. The average Bonchev–Trinajstić information content (AvgIpc) is 3.40. The van der Waals surface area contributed by atoms with Gasteiger partial charge in [0.25, 0.3) is 11.6 Å². The Bertz CT molecular complexity index is 863. The molecule has 2 N–H and O–H groups in total. The summed E-state index contributed by atoms with van der Waals surface area (Å²) in [7, 11) is 0. The molecule has 2 aromatic carbocycles. The molecule has 3 rings (SSSR count). The van der Waals surface area contributed by atoms with Gasteiger partial charge in [0, 0.05) is 23.4 Å². The van der Waals surface area contributed by atoms with Gasteiger partial charge in [0.1, 0.15) is 5.02 Å². The van der Waals surface area contributed by atoms with E-state index < -0.39 is 10.8 Å². The molecule has 0 aliphatic heterocycles. The number of nitro groups is 1. The first-order valence-corrected chi connectivity index (χ1v) is 8.44. The molecule has 0 atom stereocenters. The Morgan fingerprint density at radius 2 is 1.85 bits per heavy atom. The predicted octanol–water partition coefficient (Wildman–Crippen LogP) is 3.32. The standard InChI is InChI=1S/C18H16ClN3O4/c19-15-8-3-12(10-16(15)22(25)26)18(24)21-14-4-1-11(2-5-14)9-17(23)20-13-6-7-13/h1-5,8,10,13H,6-7,9H2,(H,20,23)(H,21,24). The van der Waals surface area contributed by atoms with Crippen molar-refractivity contribution in [3.8, 4) is 0 Å². The third-order valence-electron chi connectivity index (χ3n) is 3.92. The van der Waals surface area contributed by atoms with Gasteiger partial charge in [0.15, 0.2) is 0 Å². The first kappa shape index (κ1) is 17.9. The van der Waals surface area contributed by atoms with Gasteiger partial charge in [-0.1, -0.05) is 23.7 Å². The number of benzene rings is 2. The van der Waals surface area contributed by atoms with Gasteiger partial charge in [-0.05, 0) is 42.7 Å². The summed E-state index contributed by atoms with van der Waals surface area (Å²) in [4.78, 5) is 34.3. The van der Waals surface area contributed by atoms with E-state index in [2.05, 4.69) is 10.6 Å². The van der Waals surface area contributed by atoms with Crippen molar-refractivity contribution in [3.63, 3.8) is 0 Å². The van der Waals surface area contributed by atoms with Crippen molar-refractivity contribution in [1.82, 2.24) is 5.32 Å². The normalized spacial score (nSPS) is 13.1. The fourth-order valence-electron chi connectivity index (χ4n) is 2.39. The Labute approximate surface area is 154 Å². The minimum atomic E-state index is -0.638. The lowest BCUT2D eigenvalue weighted by Crippen LogP contribution is -2.26. The van der Waals surface area contributed by atoms with Crippen molar-refractivity contribution in [2.24, 2.45) is 0 Å². The molecule has 26 heavy (non-hydrogen) atoms. The van der Waals surface area contributed by atoms with Crippen LogP contribution in [0.3, 0.4) is 0 Å². The first-order chi connectivity index (χ1) is 12.4. The highest BCUT2D eigenvalue weighted by molar-refractivity contribution is 6.32. The van der Waals surface area contributed by atoms with E-state index in [0.717, 1.165) is 24.5 Å². The van der Waals surface area contributed by atoms with Gasteiger partial charge in [0.05, 0.1) is 11.3 Å². The minimum Gasteiger partial charge on any atom is -0.353 e. The third-order valence-corrected chi connectivity index (χ3v) is 4.24. The van der Waals surface area contributed by atoms with E-state index >= 15 is 0 Å². The number of hydrogen-bond donors (Lipinski definition) is 2. The highest BCUT2D eigenvalue weighted by Crippen LogP contribution is 2.25. The molecule has 1 saturated carbocycles. The number of nitro benzene ring substituents is 1. The zero-order valence-electron chi connectivity index (χ0n) is 13.7. The van der Waals surface area contributed by atoms with Crippen LogP contribution in [-0.2, 0) is 11.2 Å². The molecule has 2 aromatic rings. The minimum absolute atomic E-state index is 0.0160. The van der Waals surface area contributed by atoms with Gasteiger partial charge >= 0.3 is 0 Å². The number of amides is 2. The Morgan fingerprint density at radius 1 is 1.15 bits per heavy atom. The monoisotopic (exact) mass is 373 g/mol. The molecule has 0 saturated heterocycles. The quantitative estimate of drug-likeness (QED) is 0.599. The third kappa shape index (κ3) is 4.58. The molecule has 1 fully saturated rings. The molecule has 1 aliphatic carbocycles. The zero-order valence-corrected chi connectivity index (χ0v) is 14.5. The summed E-state index contributed by atoms with van der Waals surface area (Å²) in [6.07, 6.45) is 2.37. The number of nitrogens with one attached hydrogen (secondary N) is 2. The summed E-state index contributed by atoms with van der Waals surface area (Å²) in [6.45, 7) is 0. The van der Waals surface area contributed by atoms with Gasteiger partial charge in [-0.2, -0.15) is 0 Å². The second-order valence-electron chi connectivity index (χ2n) is 6.09. The van der Waals surface area contributed by atoms with Crippen LogP contribution in [0.5, 0.6) is 0 Å². The topological polar surface area (TPSA) is 101 Å². The summed E-state index contributed by atoms with van der Waals surface area (Å²) in [5, 5.41) is 16.5. The summed E-state index contributed by atoms with van der Waals surface area (Å²) >= 11 is 5.74. The Balaban J connectivity index is 1.63. The molecule has 0 heterocycles. The number of nitrogens with zero attached hydrogens (tertiary/aromatic N) is 1. The molecule has 0 bridgehead atoms. The van der Waals surface area contributed by atoms with Crippen molar-refractivity contribution in [2.75, 3.05) is 5.32 Å². The van der Waals surface area contributed by atoms with E-state index in [1.54, 1.807) is 24.3 Å². The summed E-state index contributed by atoms with van der Waals surface area (Å²) < 4.78 is 0. The molecule has 7 nitrogen and oxygen atoms in total. The van der Waals surface area contributed by atoms with Gasteiger partial charge in [-0.15, -0.1) is 0 Å². The van der Waals surface area contributed by atoms with E-state index in [9.17, 15) is 19.7 Å². The lowest BCUT2D eigenvalue weighted by atomic mass is 10.1. The molecule has 0 aromatic heterocycles. The number of hydrogen-bond acceptors (Lipinski definition) is 4. The number of rotatable bonds is 6. The summed E-state index contributed by atoms with van der Waals surface area (Å²) in [5.74, 6) is -0.498. The smallest absolute Gasteiger partial charge is 0.288 e. The van der Waals surface area contributed by atoms with Crippen LogP contribution in [0, 0.1) is 10.1 Å². The van der Waals surface area contributed by atoms with E-state index in [1.165, 1.54) is 12.1 Å². The zero-order chi connectivity index (χ0) is 18.7. The number of anilines is 1. The summed E-state index contributed by atoms with van der Waals surface area (Å²) in [5.41, 5.74) is 1.17. The SMILES string of the molecule is O=C(Cc1ccc(NC(=O)c2ccc(Cl)c([N+](=O)[O-])c2)cc1)NC1CC1. The molecular weight excluding hydrogens is 358 g/mol. The van der Waals surface area contributed by atoms with Crippen LogP contribution < -0.4 is 10.6 Å². The first-order valence-electron chi connectivity index (χ1n) is 8.06. The van der Waals surface area contributed by atoms with Crippen molar-refractivity contribution in [1.29, 1.82) is 0 Å². The molecule has 8 heteroatoms. The maximum Gasteiger partial charge on any atom is 0.288 e. The fourth-order valence-corrected chi connectivity index (χ4v) is 2.58. The van der Waals surface area contributed by atoms with E-state index in [-0.39, 0.29) is 28.6 Å². The van der Waals surface area contributed by atoms with Crippen LogP contribution in [0.4, 0.5) is 11.4 Å². The van der Waals surface area contributed by atoms with Crippen LogP contribution >= 0.6 is 11.6 Å². The van der Waals surface area contributed by atoms with Crippen molar-refractivity contribution >= 4 is 34.8 Å². The number of halogens is 1. The largest absolute Gasteiger partial charge is 0.353 e. The lowest BCUT2D eigenvalue weighted by molar-refractivity contribution is -0.384. The van der Waals surface area contributed by atoms with E-state index in [4.69, 9.17) is 11.6 Å². The van der Waals surface area contributed by atoms with Crippen LogP contribution in [0.25, 0.3) is 0 Å². The molecule has 1 aliphatic rings. The van der Waals surface area contributed by atoms with Gasteiger partial charge in [-0.25, -0.2) is 0 Å². The van der Waals surface area contributed by atoms with E-state index in [1.807, 2.05) is 0 Å². The maximum absolute atomic E-state index is 12.3. The molecule has 0 radical (unpaired) electrons. The Kier molecular flexibility index (Phi) is 5.18. The Morgan fingerprint density at radius 3 is 2.46 bits per heavy atom. The second-order valence-corrected chi connectivity index (χ2v) is 6.50. The van der Waals surface area contributed by atoms with Crippen LogP contribution in [0.2, 0.25) is 5.02 Å². The van der Waals surface area contributed by atoms with Crippen molar-refractivity contribution in [3.05, 3.63) is 68.7 Å². The van der Waals surface area contributed by atoms with Gasteiger partial charge in [0.2, 0.25) is 5.91 Å². The highest BCUT2D eigenvalue weighted by atomic mass is 35.5. The van der Waals surface area contributed by atoms with Gasteiger partial charge in [-0.3, -0.25) is 19.7 Å².